The van der Waals surface area contributed by atoms with Gasteiger partial charge in [0.2, 0.25) is 0 Å². The predicted octanol–water partition coefficient (Wildman–Crippen LogP) is 3.85. The highest BCUT2D eigenvalue weighted by Gasteiger charge is 2.10. The molecule has 6 nitrogen and oxygen atoms in total. The van der Waals surface area contributed by atoms with E-state index in [4.69, 9.17) is 0 Å². The lowest BCUT2D eigenvalue weighted by Crippen LogP contribution is -2.31. The normalized spacial score (nSPS) is 11.8. The van der Waals surface area contributed by atoms with Crippen molar-refractivity contribution in [2.75, 3.05) is 5.32 Å². The van der Waals surface area contributed by atoms with E-state index in [2.05, 4.69) is 32.1 Å². The van der Waals surface area contributed by atoms with Gasteiger partial charge in [-0.3, -0.25) is 4.98 Å². The molecule has 2 N–H and O–H groups in total. The molecule has 0 aliphatic carbocycles. The standard InChI is InChI=1S/C19H21N5O/c1-3-24-12-11-21-18(24)16-5-4-6-17(13-16)23-19(25)22-14(2)15-7-9-20-10-8-15/h4-14H,3H2,1-2H3,(H2,22,23,25)/t14-/m0/s1. The number of nitrogens with one attached hydrogen (secondary N) is 2. The van der Waals surface area contributed by atoms with Crippen LogP contribution in [-0.2, 0) is 6.54 Å². The molecule has 2 amide bonds. The number of anilines is 1. The zero-order valence-corrected chi connectivity index (χ0v) is 14.3. The van der Waals surface area contributed by atoms with E-state index in [-0.39, 0.29) is 12.1 Å². The number of hydrogen-bond donors (Lipinski definition) is 2. The van der Waals surface area contributed by atoms with Gasteiger partial charge in [0.05, 0.1) is 6.04 Å². The molecule has 0 unspecified atom stereocenters. The molecule has 0 fully saturated rings. The third-order valence-electron chi connectivity index (χ3n) is 3.99. The predicted molar refractivity (Wildman–Crippen MR) is 98.1 cm³/mol. The number of carbonyl (C=O) groups excluding carboxylic acids is 1. The fourth-order valence-corrected chi connectivity index (χ4v) is 2.66. The van der Waals surface area contributed by atoms with Crippen LogP contribution in [0.15, 0.2) is 61.2 Å². The lowest BCUT2D eigenvalue weighted by atomic mass is 10.1. The molecule has 1 atom stereocenters. The van der Waals surface area contributed by atoms with Crippen molar-refractivity contribution in [2.45, 2.75) is 26.4 Å². The van der Waals surface area contributed by atoms with Crippen molar-refractivity contribution in [2.24, 2.45) is 0 Å². The Bertz CT molecular complexity index is 844. The van der Waals surface area contributed by atoms with Gasteiger partial charge in [-0.05, 0) is 43.7 Å². The zero-order valence-electron chi connectivity index (χ0n) is 14.3. The SMILES string of the molecule is CCn1ccnc1-c1cccc(NC(=O)N[C@@H](C)c2ccncc2)c1. The number of benzene rings is 1. The van der Waals surface area contributed by atoms with Gasteiger partial charge in [-0.15, -0.1) is 0 Å². The van der Waals surface area contributed by atoms with Crippen LogP contribution in [0.25, 0.3) is 11.4 Å². The lowest BCUT2D eigenvalue weighted by Gasteiger charge is -2.15. The van der Waals surface area contributed by atoms with Crippen molar-refractivity contribution < 1.29 is 4.79 Å². The maximum Gasteiger partial charge on any atom is 0.319 e. The van der Waals surface area contributed by atoms with Gasteiger partial charge < -0.3 is 15.2 Å². The fourth-order valence-electron chi connectivity index (χ4n) is 2.66. The summed E-state index contributed by atoms with van der Waals surface area (Å²) in [7, 11) is 0. The number of amides is 2. The van der Waals surface area contributed by atoms with Crippen molar-refractivity contribution in [3.8, 4) is 11.4 Å². The zero-order chi connectivity index (χ0) is 17.6. The van der Waals surface area contributed by atoms with Gasteiger partial charge in [-0.25, -0.2) is 9.78 Å². The minimum Gasteiger partial charge on any atom is -0.331 e. The molecule has 1 aromatic carbocycles. The minimum absolute atomic E-state index is 0.106. The Morgan fingerprint density at radius 3 is 2.76 bits per heavy atom. The molecule has 0 aliphatic rings. The van der Waals surface area contributed by atoms with Crippen LogP contribution >= 0.6 is 0 Å². The molecule has 3 aromatic rings. The molecular formula is C19H21N5O. The van der Waals surface area contributed by atoms with E-state index >= 15 is 0 Å². The number of carbonyl (C=O) groups is 1. The summed E-state index contributed by atoms with van der Waals surface area (Å²) in [5, 5.41) is 5.80. The van der Waals surface area contributed by atoms with E-state index in [1.54, 1.807) is 18.6 Å². The summed E-state index contributed by atoms with van der Waals surface area (Å²) in [4.78, 5) is 20.6. The van der Waals surface area contributed by atoms with Crippen molar-refractivity contribution in [3.63, 3.8) is 0 Å². The maximum absolute atomic E-state index is 12.3. The molecule has 128 valence electrons. The first kappa shape index (κ1) is 16.7. The number of imidazole rings is 1. The van der Waals surface area contributed by atoms with Gasteiger partial charge in [0, 0.05) is 42.6 Å². The molecule has 3 rings (SSSR count). The van der Waals surface area contributed by atoms with E-state index < -0.39 is 0 Å². The van der Waals surface area contributed by atoms with Crippen molar-refractivity contribution in [3.05, 3.63) is 66.7 Å². The summed E-state index contributed by atoms with van der Waals surface area (Å²) in [5.41, 5.74) is 2.69. The molecule has 0 bridgehead atoms. The van der Waals surface area contributed by atoms with Gasteiger partial charge in [-0.2, -0.15) is 0 Å². The smallest absolute Gasteiger partial charge is 0.319 e. The topological polar surface area (TPSA) is 71.8 Å². The molecule has 2 aromatic heterocycles. The van der Waals surface area contributed by atoms with Crippen LogP contribution in [0.2, 0.25) is 0 Å². The molecule has 0 spiro atoms. The fraction of sp³-hybridized carbons (Fsp3) is 0.211. The Kier molecular flexibility index (Phi) is 5.09. The third-order valence-corrected chi connectivity index (χ3v) is 3.99. The van der Waals surface area contributed by atoms with Crippen LogP contribution < -0.4 is 10.6 Å². The summed E-state index contributed by atoms with van der Waals surface area (Å²) in [6.45, 7) is 4.85. The maximum atomic E-state index is 12.3. The summed E-state index contributed by atoms with van der Waals surface area (Å²) in [6.07, 6.45) is 7.15. The Labute approximate surface area is 146 Å². The molecule has 25 heavy (non-hydrogen) atoms. The molecule has 0 saturated carbocycles. The van der Waals surface area contributed by atoms with Crippen LogP contribution in [0.5, 0.6) is 0 Å². The number of urea groups is 1. The highest BCUT2D eigenvalue weighted by atomic mass is 16.2. The second-order valence-electron chi connectivity index (χ2n) is 5.72. The summed E-state index contributed by atoms with van der Waals surface area (Å²) >= 11 is 0. The molecular weight excluding hydrogens is 314 g/mol. The summed E-state index contributed by atoms with van der Waals surface area (Å²) < 4.78 is 2.06. The Morgan fingerprint density at radius 1 is 1.20 bits per heavy atom. The second kappa shape index (κ2) is 7.61. The molecule has 6 heteroatoms. The third kappa shape index (κ3) is 4.03. The summed E-state index contributed by atoms with van der Waals surface area (Å²) in [6, 6.07) is 11.1. The van der Waals surface area contributed by atoms with E-state index in [1.165, 1.54) is 0 Å². The number of nitrogens with zero attached hydrogens (tertiary/aromatic N) is 3. The van der Waals surface area contributed by atoms with Crippen LogP contribution in [0.3, 0.4) is 0 Å². The van der Waals surface area contributed by atoms with Gasteiger partial charge >= 0.3 is 6.03 Å². The van der Waals surface area contributed by atoms with E-state index in [1.807, 2.05) is 49.5 Å². The van der Waals surface area contributed by atoms with E-state index in [0.717, 1.165) is 29.2 Å². The number of hydrogen-bond acceptors (Lipinski definition) is 3. The molecule has 0 radical (unpaired) electrons. The average molecular weight is 335 g/mol. The van der Waals surface area contributed by atoms with Crippen LogP contribution in [0, 0.1) is 0 Å². The van der Waals surface area contributed by atoms with Crippen LogP contribution in [0.1, 0.15) is 25.5 Å². The first-order valence-electron chi connectivity index (χ1n) is 8.26. The lowest BCUT2D eigenvalue weighted by molar-refractivity contribution is 0.249. The first-order valence-corrected chi connectivity index (χ1v) is 8.26. The van der Waals surface area contributed by atoms with Crippen molar-refractivity contribution >= 4 is 11.7 Å². The largest absolute Gasteiger partial charge is 0.331 e. The molecule has 2 heterocycles. The Balaban J connectivity index is 1.69. The monoisotopic (exact) mass is 335 g/mol. The minimum atomic E-state index is -0.250. The van der Waals surface area contributed by atoms with Crippen LogP contribution in [-0.4, -0.2) is 20.6 Å². The van der Waals surface area contributed by atoms with Gasteiger partial charge in [-0.1, -0.05) is 12.1 Å². The van der Waals surface area contributed by atoms with Crippen molar-refractivity contribution in [1.82, 2.24) is 19.9 Å². The Hall–Kier alpha value is -3.15. The molecule has 0 aliphatic heterocycles. The van der Waals surface area contributed by atoms with Gasteiger partial charge in [0.25, 0.3) is 0 Å². The Morgan fingerprint density at radius 2 is 2.00 bits per heavy atom. The van der Waals surface area contributed by atoms with E-state index in [0.29, 0.717) is 0 Å². The van der Waals surface area contributed by atoms with Gasteiger partial charge in [0.1, 0.15) is 5.82 Å². The average Bonchev–Trinajstić information content (AvgIpc) is 3.11. The highest BCUT2D eigenvalue weighted by molar-refractivity contribution is 5.90. The van der Waals surface area contributed by atoms with E-state index in [9.17, 15) is 4.79 Å². The number of aryl methyl sites for hydroxylation is 1. The number of rotatable bonds is 5. The highest BCUT2D eigenvalue weighted by Crippen LogP contribution is 2.21. The quantitative estimate of drug-likeness (QED) is 0.744. The number of pyridine rings is 1. The van der Waals surface area contributed by atoms with Gasteiger partial charge in [0.15, 0.2) is 0 Å². The summed E-state index contributed by atoms with van der Waals surface area (Å²) in [5.74, 6) is 0.886. The second-order valence-corrected chi connectivity index (χ2v) is 5.72. The first-order chi connectivity index (χ1) is 12.2. The van der Waals surface area contributed by atoms with Crippen molar-refractivity contribution in [1.29, 1.82) is 0 Å². The van der Waals surface area contributed by atoms with Crippen LogP contribution in [0.4, 0.5) is 10.5 Å². The number of aromatic nitrogens is 3. The molecule has 0 saturated heterocycles.